The fourth-order valence-corrected chi connectivity index (χ4v) is 5.70. The molecule has 0 unspecified atom stereocenters. The molecule has 0 fully saturated rings. The maximum atomic E-state index is 12.6. The van der Waals surface area contributed by atoms with Gasteiger partial charge in [0.1, 0.15) is 11.1 Å². The van der Waals surface area contributed by atoms with Crippen LogP contribution in [0.2, 0.25) is 0 Å². The third-order valence-electron chi connectivity index (χ3n) is 4.26. The van der Waals surface area contributed by atoms with E-state index in [1.165, 1.54) is 26.7 Å². The zero-order chi connectivity index (χ0) is 17.2. The summed E-state index contributed by atoms with van der Waals surface area (Å²) in [5, 5.41) is 18.7. The first-order valence-electron chi connectivity index (χ1n) is 7.87. The fraction of sp³-hybridized carbons (Fsp3) is 0.222. The number of thiophene rings is 3. The molecule has 126 valence electrons. The van der Waals surface area contributed by atoms with Gasteiger partial charge >= 0.3 is 0 Å². The van der Waals surface area contributed by atoms with Crippen molar-refractivity contribution in [3.8, 4) is 6.07 Å². The molecule has 3 aromatic heterocycles. The molecule has 0 aliphatic carbocycles. The summed E-state index contributed by atoms with van der Waals surface area (Å²) < 4.78 is 0. The largest absolute Gasteiger partial charge is 0.315 e. The number of nitriles is 1. The number of fused-ring (bicyclic) bond motifs is 1. The van der Waals surface area contributed by atoms with Gasteiger partial charge < -0.3 is 5.32 Å². The predicted octanol–water partition coefficient (Wildman–Crippen LogP) is 4.33. The smallest absolute Gasteiger partial charge is 0.239 e. The summed E-state index contributed by atoms with van der Waals surface area (Å²) in [6.07, 6.45) is 0.977. The van der Waals surface area contributed by atoms with Crippen LogP contribution in [-0.2, 0) is 11.2 Å². The Hall–Kier alpha value is -1.98. The van der Waals surface area contributed by atoms with Gasteiger partial charge in [0, 0.05) is 16.3 Å². The Bertz CT molecular complexity index is 920. The Morgan fingerprint density at radius 2 is 2.12 bits per heavy atom. The quantitative estimate of drug-likeness (QED) is 0.727. The van der Waals surface area contributed by atoms with E-state index in [9.17, 15) is 4.79 Å². The van der Waals surface area contributed by atoms with Crippen molar-refractivity contribution in [3.63, 3.8) is 0 Å². The fourth-order valence-electron chi connectivity index (χ4n) is 3.16. The second-order valence-electron chi connectivity index (χ2n) is 5.76. The van der Waals surface area contributed by atoms with Gasteiger partial charge in [-0.3, -0.25) is 9.69 Å². The van der Waals surface area contributed by atoms with Crippen LogP contribution in [0, 0.1) is 11.3 Å². The topological polar surface area (TPSA) is 56.1 Å². The SMILES string of the molecule is N#Cc1ccsc1NC(=O)CN1CCc2sccc2[C@@H]1c1cccs1. The lowest BCUT2D eigenvalue weighted by Crippen LogP contribution is -2.40. The summed E-state index contributed by atoms with van der Waals surface area (Å²) in [5.41, 5.74) is 1.84. The number of carbonyl (C=O) groups excluding carboxylic acids is 1. The van der Waals surface area contributed by atoms with Gasteiger partial charge in [-0.25, -0.2) is 0 Å². The van der Waals surface area contributed by atoms with Crippen molar-refractivity contribution < 1.29 is 4.79 Å². The molecule has 7 heteroatoms. The van der Waals surface area contributed by atoms with Gasteiger partial charge in [-0.2, -0.15) is 5.26 Å². The van der Waals surface area contributed by atoms with E-state index in [0.29, 0.717) is 17.1 Å². The number of carbonyl (C=O) groups is 1. The summed E-state index contributed by atoms with van der Waals surface area (Å²) in [7, 11) is 0. The maximum Gasteiger partial charge on any atom is 0.239 e. The molecule has 4 nitrogen and oxygen atoms in total. The molecule has 0 spiro atoms. The molecule has 4 heterocycles. The molecule has 4 rings (SSSR count). The number of hydrogen-bond donors (Lipinski definition) is 1. The highest BCUT2D eigenvalue weighted by Gasteiger charge is 2.31. The van der Waals surface area contributed by atoms with Crippen molar-refractivity contribution in [2.75, 3.05) is 18.4 Å². The Balaban J connectivity index is 1.55. The first kappa shape index (κ1) is 16.5. The molecule has 0 saturated carbocycles. The van der Waals surface area contributed by atoms with Crippen LogP contribution in [0.1, 0.15) is 26.9 Å². The van der Waals surface area contributed by atoms with Crippen LogP contribution in [0.25, 0.3) is 0 Å². The second kappa shape index (κ2) is 7.10. The first-order valence-corrected chi connectivity index (χ1v) is 10.5. The van der Waals surface area contributed by atoms with Crippen molar-refractivity contribution in [1.29, 1.82) is 5.26 Å². The molecule has 3 aromatic rings. The summed E-state index contributed by atoms with van der Waals surface area (Å²) in [6.45, 7) is 1.18. The number of hydrogen-bond acceptors (Lipinski definition) is 6. The summed E-state index contributed by atoms with van der Waals surface area (Å²) in [5.74, 6) is -0.0702. The van der Waals surface area contributed by atoms with E-state index in [0.717, 1.165) is 13.0 Å². The average molecular weight is 386 g/mol. The van der Waals surface area contributed by atoms with Crippen LogP contribution in [0.15, 0.2) is 40.4 Å². The third-order valence-corrected chi connectivity index (χ3v) is 7.01. The number of rotatable bonds is 4. The van der Waals surface area contributed by atoms with E-state index < -0.39 is 0 Å². The van der Waals surface area contributed by atoms with Crippen LogP contribution in [0.4, 0.5) is 5.00 Å². The number of nitrogens with one attached hydrogen (secondary N) is 1. The maximum absolute atomic E-state index is 12.6. The van der Waals surface area contributed by atoms with Gasteiger partial charge in [0.2, 0.25) is 5.91 Å². The molecule has 0 saturated heterocycles. The molecule has 1 aliphatic rings. The normalized spacial score (nSPS) is 17.0. The van der Waals surface area contributed by atoms with Crippen LogP contribution >= 0.6 is 34.0 Å². The lowest BCUT2D eigenvalue weighted by Gasteiger charge is -2.34. The van der Waals surface area contributed by atoms with Crippen LogP contribution < -0.4 is 5.32 Å². The number of amides is 1. The van der Waals surface area contributed by atoms with Gasteiger partial charge in [-0.1, -0.05) is 6.07 Å². The zero-order valence-corrected chi connectivity index (χ0v) is 15.7. The van der Waals surface area contributed by atoms with Gasteiger partial charge in [0.25, 0.3) is 0 Å². The van der Waals surface area contributed by atoms with Crippen molar-refractivity contribution in [2.45, 2.75) is 12.5 Å². The lowest BCUT2D eigenvalue weighted by atomic mass is 9.98. The lowest BCUT2D eigenvalue weighted by molar-refractivity contribution is -0.117. The van der Waals surface area contributed by atoms with E-state index in [1.54, 1.807) is 28.7 Å². The van der Waals surface area contributed by atoms with E-state index in [1.807, 2.05) is 5.38 Å². The minimum Gasteiger partial charge on any atom is -0.315 e. The number of anilines is 1. The van der Waals surface area contributed by atoms with Gasteiger partial charge in [0.05, 0.1) is 18.2 Å². The Kier molecular flexibility index (Phi) is 4.68. The molecule has 0 radical (unpaired) electrons. The molecule has 1 aliphatic heterocycles. The third kappa shape index (κ3) is 3.26. The minimum atomic E-state index is -0.0702. The Morgan fingerprint density at radius 1 is 1.24 bits per heavy atom. The highest BCUT2D eigenvalue weighted by atomic mass is 32.1. The molecular formula is C18H15N3OS3. The second-order valence-corrected chi connectivity index (χ2v) is 8.66. The zero-order valence-electron chi connectivity index (χ0n) is 13.3. The number of nitrogens with zero attached hydrogens (tertiary/aromatic N) is 2. The molecule has 0 aromatic carbocycles. The van der Waals surface area contributed by atoms with Gasteiger partial charge in [0.15, 0.2) is 0 Å². The van der Waals surface area contributed by atoms with Crippen molar-refractivity contribution >= 4 is 44.9 Å². The molecule has 1 amide bonds. The van der Waals surface area contributed by atoms with E-state index >= 15 is 0 Å². The molecule has 0 bridgehead atoms. The van der Waals surface area contributed by atoms with Crippen molar-refractivity contribution in [2.24, 2.45) is 0 Å². The van der Waals surface area contributed by atoms with Gasteiger partial charge in [-0.05, 0) is 46.3 Å². The molecular weight excluding hydrogens is 370 g/mol. The highest BCUT2D eigenvalue weighted by Crippen LogP contribution is 2.39. The standard InChI is InChI=1S/C18H15N3OS3/c19-10-12-4-8-25-18(12)20-16(22)11-21-6-3-14-13(5-9-24-14)17(21)15-2-1-7-23-15/h1-2,4-5,7-9,17H,3,6,11H2,(H,20,22)/t17-/m1/s1. The molecule has 1 atom stereocenters. The van der Waals surface area contributed by atoms with E-state index in [-0.39, 0.29) is 11.9 Å². The Morgan fingerprint density at radius 3 is 2.92 bits per heavy atom. The van der Waals surface area contributed by atoms with Crippen LogP contribution in [0.3, 0.4) is 0 Å². The van der Waals surface area contributed by atoms with E-state index in [4.69, 9.17) is 5.26 Å². The average Bonchev–Trinajstić information content (AvgIpc) is 3.35. The van der Waals surface area contributed by atoms with Crippen LogP contribution in [-0.4, -0.2) is 23.9 Å². The van der Waals surface area contributed by atoms with E-state index in [2.05, 4.69) is 45.2 Å². The molecule has 1 N–H and O–H groups in total. The van der Waals surface area contributed by atoms with Crippen molar-refractivity contribution in [1.82, 2.24) is 4.90 Å². The van der Waals surface area contributed by atoms with Gasteiger partial charge in [-0.15, -0.1) is 34.0 Å². The summed E-state index contributed by atoms with van der Waals surface area (Å²) in [4.78, 5) is 17.5. The first-order chi connectivity index (χ1) is 12.3. The van der Waals surface area contributed by atoms with Crippen LogP contribution in [0.5, 0.6) is 0 Å². The van der Waals surface area contributed by atoms with Crippen molar-refractivity contribution in [3.05, 3.63) is 61.3 Å². The summed E-state index contributed by atoms with van der Waals surface area (Å²) >= 11 is 4.91. The summed E-state index contributed by atoms with van der Waals surface area (Å²) in [6, 6.07) is 10.4. The Labute approximate surface area is 158 Å². The predicted molar refractivity (Wildman–Crippen MR) is 103 cm³/mol. The minimum absolute atomic E-state index is 0.0702. The highest BCUT2D eigenvalue weighted by molar-refractivity contribution is 7.14. The monoisotopic (exact) mass is 385 g/mol. The molecule has 25 heavy (non-hydrogen) atoms.